The van der Waals surface area contributed by atoms with Crippen LogP contribution in [0, 0.1) is 0 Å². The minimum Gasteiger partial charge on any atom is -0.349 e. The van der Waals surface area contributed by atoms with Gasteiger partial charge in [0.05, 0.1) is 11.8 Å². The van der Waals surface area contributed by atoms with Crippen molar-refractivity contribution >= 4 is 17.7 Å². The monoisotopic (exact) mass is 339 g/mol. The summed E-state index contributed by atoms with van der Waals surface area (Å²) in [5.74, 6) is 0.884. The predicted octanol–water partition coefficient (Wildman–Crippen LogP) is 2.84. The molecule has 0 bridgehead atoms. The lowest BCUT2D eigenvalue weighted by Gasteiger charge is -2.13. The minimum atomic E-state index is -0.0494. The number of H-pyrrole nitrogens is 1. The molecule has 0 radical (unpaired) electrons. The van der Waals surface area contributed by atoms with Crippen molar-refractivity contribution in [1.29, 1.82) is 0 Å². The molecule has 0 fully saturated rings. The van der Waals surface area contributed by atoms with Crippen molar-refractivity contribution in [3.8, 4) is 11.4 Å². The van der Waals surface area contributed by atoms with Crippen molar-refractivity contribution in [1.82, 2.24) is 25.5 Å². The number of hydrogen-bond acceptors (Lipinski definition) is 5. The summed E-state index contributed by atoms with van der Waals surface area (Å²) in [6.07, 6.45) is 3.40. The van der Waals surface area contributed by atoms with E-state index < -0.39 is 0 Å². The number of carbonyl (C=O) groups is 1. The van der Waals surface area contributed by atoms with Gasteiger partial charge in [-0.05, 0) is 24.6 Å². The zero-order chi connectivity index (χ0) is 16.8. The van der Waals surface area contributed by atoms with Gasteiger partial charge >= 0.3 is 0 Å². The van der Waals surface area contributed by atoms with Gasteiger partial charge in [0.1, 0.15) is 0 Å². The van der Waals surface area contributed by atoms with E-state index in [1.807, 2.05) is 49.4 Å². The van der Waals surface area contributed by atoms with Gasteiger partial charge in [-0.25, -0.2) is 4.98 Å². The molecule has 1 amide bonds. The molecule has 3 rings (SSSR count). The Labute approximate surface area is 144 Å². The molecule has 6 nitrogen and oxygen atoms in total. The van der Waals surface area contributed by atoms with Gasteiger partial charge in [-0.1, -0.05) is 42.1 Å². The summed E-state index contributed by atoms with van der Waals surface area (Å²) in [6.45, 7) is 1.96. The van der Waals surface area contributed by atoms with Crippen LogP contribution in [0.2, 0.25) is 0 Å². The van der Waals surface area contributed by atoms with Crippen LogP contribution in [0.15, 0.2) is 60.0 Å². The van der Waals surface area contributed by atoms with Crippen molar-refractivity contribution < 1.29 is 4.79 Å². The summed E-state index contributed by atoms with van der Waals surface area (Å²) >= 11 is 1.30. The van der Waals surface area contributed by atoms with Crippen LogP contribution in [0.1, 0.15) is 18.5 Å². The fourth-order valence-corrected chi connectivity index (χ4v) is 2.80. The van der Waals surface area contributed by atoms with Gasteiger partial charge in [0.2, 0.25) is 11.1 Å². The van der Waals surface area contributed by atoms with Gasteiger partial charge in [-0.3, -0.25) is 14.9 Å². The second-order valence-corrected chi connectivity index (χ2v) is 6.13. The molecule has 0 aliphatic carbocycles. The first-order valence-electron chi connectivity index (χ1n) is 7.52. The number of carbonyl (C=O) groups excluding carboxylic acids is 1. The van der Waals surface area contributed by atoms with Crippen molar-refractivity contribution in [2.24, 2.45) is 0 Å². The number of pyridine rings is 1. The van der Waals surface area contributed by atoms with E-state index in [9.17, 15) is 4.79 Å². The van der Waals surface area contributed by atoms with Crippen LogP contribution in [0.4, 0.5) is 0 Å². The molecule has 0 saturated heterocycles. The van der Waals surface area contributed by atoms with E-state index >= 15 is 0 Å². The molecule has 2 N–H and O–H groups in total. The van der Waals surface area contributed by atoms with E-state index in [0.29, 0.717) is 11.0 Å². The highest BCUT2D eigenvalue weighted by Gasteiger charge is 2.12. The van der Waals surface area contributed by atoms with Gasteiger partial charge in [0.25, 0.3) is 0 Å². The number of nitrogens with zero attached hydrogens (tertiary/aromatic N) is 3. The quantitative estimate of drug-likeness (QED) is 0.675. The van der Waals surface area contributed by atoms with E-state index in [1.165, 1.54) is 11.8 Å². The third-order valence-electron chi connectivity index (χ3n) is 3.43. The highest BCUT2D eigenvalue weighted by Crippen LogP contribution is 2.18. The molecule has 7 heteroatoms. The predicted molar refractivity (Wildman–Crippen MR) is 93.3 cm³/mol. The van der Waals surface area contributed by atoms with Crippen molar-refractivity contribution in [3.63, 3.8) is 0 Å². The van der Waals surface area contributed by atoms with E-state index in [1.54, 1.807) is 12.4 Å². The Morgan fingerprint density at radius 3 is 2.71 bits per heavy atom. The van der Waals surface area contributed by atoms with Crippen LogP contribution in [0.3, 0.4) is 0 Å². The van der Waals surface area contributed by atoms with E-state index in [0.717, 1.165) is 11.1 Å². The molecule has 2 heterocycles. The molecule has 1 aromatic carbocycles. The van der Waals surface area contributed by atoms with Gasteiger partial charge in [0, 0.05) is 18.0 Å². The van der Waals surface area contributed by atoms with Crippen LogP contribution >= 0.6 is 11.8 Å². The molecule has 0 aliphatic rings. The fraction of sp³-hybridized carbons (Fsp3) is 0.176. The van der Waals surface area contributed by atoms with E-state index in [4.69, 9.17) is 0 Å². The Morgan fingerprint density at radius 2 is 1.96 bits per heavy atom. The number of thioether (sulfide) groups is 1. The summed E-state index contributed by atoms with van der Waals surface area (Å²) in [5.41, 5.74) is 1.99. The summed E-state index contributed by atoms with van der Waals surface area (Å²) in [5, 5.41) is 10.5. The Balaban J connectivity index is 1.53. The standard InChI is InChI=1S/C17H17N5OS/c1-12(13-5-3-2-4-6-13)19-15(23)11-24-17-20-16(21-22-17)14-7-9-18-10-8-14/h2-10,12H,11H2,1H3,(H,19,23)(H,20,21,22)/t12-/m1/s1. The zero-order valence-electron chi connectivity index (χ0n) is 13.1. The smallest absolute Gasteiger partial charge is 0.230 e. The normalized spacial score (nSPS) is 11.9. The summed E-state index contributed by atoms with van der Waals surface area (Å²) in [7, 11) is 0. The number of hydrogen-bond donors (Lipinski definition) is 2. The van der Waals surface area contributed by atoms with Gasteiger partial charge in [-0.2, -0.15) is 0 Å². The second kappa shape index (κ2) is 7.74. The molecule has 2 aromatic heterocycles. The maximum Gasteiger partial charge on any atom is 0.230 e. The number of aromatic nitrogens is 4. The van der Waals surface area contributed by atoms with E-state index in [-0.39, 0.29) is 17.7 Å². The average Bonchev–Trinajstić information content (AvgIpc) is 3.10. The average molecular weight is 339 g/mol. The van der Waals surface area contributed by atoms with Crippen LogP contribution in [-0.4, -0.2) is 31.8 Å². The maximum absolute atomic E-state index is 12.1. The van der Waals surface area contributed by atoms with Crippen molar-refractivity contribution in [2.45, 2.75) is 18.1 Å². The topological polar surface area (TPSA) is 83.6 Å². The van der Waals surface area contributed by atoms with Crippen molar-refractivity contribution in [3.05, 3.63) is 60.4 Å². The van der Waals surface area contributed by atoms with Gasteiger partial charge < -0.3 is 5.32 Å². The Bertz CT molecular complexity index is 791. The van der Waals surface area contributed by atoms with E-state index in [2.05, 4.69) is 25.5 Å². The third-order valence-corrected chi connectivity index (χ3v) is 4.28. The second-order valence-electron chi connectivity index (χ2n) is 5.19. The Kier molecular flexibility index (Phi) is 5.22. The third kappa shape index (κ3) is 4.20. The molecule has 122 valence electrons. The molecule has 0 spiro atoms. The summed E-state index contributed by atoms with van der Waals surface area (Å²) < 4.78 is 0. The van der Waals surface area contributed by atoms with Gasteiger partial charge in [0.15, 0.2) is 5.82 Å². The van der Waals surface area contributed by atoms with Gasteiger partial charge in [-0.15, -0.1) is 5.10 Å². The molecule has 1 atom stereocenters. The number of nitrogens with one attached hydrogen (secondary N) is 2. The first-order chi connectivity index (χ1) is 11.7. The summed E-state index contributed by atoms with van der Waals surface area (Å²) in [6, 6.07) is 13.5. The molecular formula is C17H17N5OS. The zero-order valence-corrected chi connectivity index (χ0v) is 14.0. The maximum atomic E-state index is 12.1. The summed E-state index contributed by atoms with van der Waals surface area (Å²) in [4.78, 5) is 20.4. The lowest BCUT2D eigenvalue weighted by molar-refractivity contribution is -0.119. The molecule has 0 saturated carbocycles. The largest absolute Gasteiger partial charge is 0.349 e. The molecule has 0 unspecified atom stereocenters. The first-order valence-corrected chi connectivity index (χ1v) is 8.51. The first kappa shape index (κ1) is 16.2. The minimum absolute atomic E-state index is 0.0289. The number of benzene rings is 1. The lowest BCUT2D eigenvalue weighted by Crippen LogP contribution is -2.28. The lowest BCUT2D eigenvalue weighted by atomic mass is 10.1. The van der Waals surface area contributed by atoms with Crippen molar-refractivity contribution in [2.75, 3.05) is 5.75 Å². The fourth-order valence-electron chi connectivity index (χ4n) is 2.19. The van der Waals surface area contributed by atoms with Crippen LogP contribution in [-0.2, 0) is 4.79 Å². The molecule has 0 aliphatic heterocycles. The highest BCUT2D eigenvalue weighted by atomic mass is 32.2. The molecule has 3 aromatic rings. The Hall–Kier alpha value is -2.67. The van der Waals surface area contributed by atoms with Crippen LogP contribution in [0.25, 0.3) is 11.4 Å². The number of amides is 1. The number of aromatic amines is 1. The SMILES string of the molecule is C[C@@H](NC(=O)CSc1n[nH]c(-c2ccncc2)n1)c1ccccc1. The number of rotatable bonds is 6. The highest BCUT2D eigenvalue weighted by molar-refractivity contribution is 7.99. The molecule has 24 heavy (non-hydrogen) atoms. The molecular weight excluding hydrogens is 322 g/mol. The van der Waals surface area contributed by atoms with Crippen LogP contribution in [0.5, 0.6) is 0 Å². The van der Waals surface area contributed by atoms with Crippen LogP contribution < -0.4 is 5.32 Å². The Morgan fingerprint density at radius 1 is 1.21 bits per heavy atom.